The van der Waals surface area contributed by atoms with Crippen LogP contribution in [0.2, 0.25) is 10.0 Å². The second kappa shape index (κ2) is 8.95. The molecule has 1 aliphatic rings. The third-order valence-corrected chi connectivity index (χ3v) is 7.22. The largest absolute Gasteiger partial charge is 0.326 e. The molecule has 0 spiro atoms. The van der Waals surface area contributed by atoms with E-state index in [1.54, 1.807) is 6.07 Å². The summed E-state index contributed by atoms with van der Waals surface area (Å²) in [4.78, 5) is 12.5. The molecular formula is C19H18Cl2F2N2O3S. The van der Waals surface area contributed by atoms with E-state index in [2.05, 4.69) is 5.32 Å². The number of piperidine rings is 1. The topological polar surface area (TPSA) is 66.5 Å². The van der Waals surface area contributed by atoms with Crippen LogP contribution in [0.3, 0.4) is 0 Å². The van der Waals surface area contributed by atoms with E-state index >= 15 is 0 Å². The van der Waals surface area contributed by atoms with Crippen molar-refractivity contribution in [3.63, 3.8) is 0 Å². The summed E-state index contributed by atoms with van der Waals surface area (Å²) < 4.78 is 53.2. The van der Waals surface area contributed by atoms with E-state index in [-0.39, 0.29) is 23.0 Å². The minimum Gasteiger partial charge on any atom is -0.326 e. The number of hydrogen-bond acceptors (Lipinski definition) is 3. The Morgan fingerprint density at radius 1 is 1.10 bits per heavy atom. The quantitative estimate of drug-likeness (QED) is 0.713. The molecule has 2 aromatic rings. The second-order valence-electron chi connectivity index (χ2n) is 6.82. The van der Waals surface area contributed by atoms with Crippen molar-refractivity contribution in [3.05, 3.63) is 63.6 Å². The van der Waals surface area contributed by atoms with Gasteiger partial charge in [0.1, 0.15) is 0 Å². The van der Waals surface area contributed by atoms with Gasteiger partial charge in [-0.3, -0.25) is 4.79 Å². The number of amides is 1. The van der Waals surface area contributed by atoms with Gasteiger partial charge in [-0.1, -0.05) is 29.3 Å². The van der Waals surface area contributed by atoms with Crippen molar-refractivity contribution < 1.29 is 22.0 Å². The molecule has 1 atom stereocenters. The van der Waals surface area contributed by atoms with Gasteiger partial charge in [-0.25, -0.2) is 21.5 Å². The Kier molecular flexibility index (Phi) is 6.78. The lowest BCUT2D eigenvalue weighted by molar-refractivity contribution is -0.120. The van der Waals surface area contributed by atoms with Gasteiger partial charge in [-0.15, -0.1) is 0 Å². The zero-order valence-corrected chi connectivity index (χ0v) is 17.5. The SMILES string of the molecule is O=C(Nc1ccc(F)c(F)c1)[C@@H]1CCCN(S(=O)(=O)Cc2ccc(Cl)c(Cl)c2)C1. The maximum atomic E-state index is 13.3. The Bertz CT molecular complexity index is 1030. The minimum absolute atomic E-state index is 0.0131. The standard InChI is InChI=1S/C19H18Cl2F2N2O3S/c20-15-5-3-12(8-16(15)21)11-29(27,28)25-7-1-2-13(10-25)19(26)24-14-4-6-17(22)18(23)9-14/h3-6,8-9,13H,1-2,7,10-11H2,(H,24,26)/t13-/m1/s1. The monoisotopic (exact) mass is 462 g/mol. The lowest BCUT2D eigenvalue weighted by atomic mass is 9.98. The van der Waals surface area contributed by atoms with Gasteiger partial charge < -0.3 is 5.32 Å². The summed E-state index contributed by atoms with van der Waals surface area (Å²) >= 11 is 11.8. The molecule has 0 saturated carbocycles. The highest BCUT2D eigenvalue weighted by atomic mass is 35.5. The van der Waals surface area contributed by atoms with E-state index in [4.69, 9.17) is 23.2 Å². The Labute approximate surface area is 177 Å². The Morgan fingerprint density at radius 3 is 2.55 bits per heavy atom. The molecule has 1 heterocycles. The van der Waals surface area contributed by atoms with E-state index in [9.17, 15) is 22.0 Å². The minimum atomic E-state index is -3.68. The van der Waals surface area contributed by atoms with Crippen LogP contribution in [-0.4, -0.2) is 31.7 Å². The molecule has 0 aliphatic carbocycles. The van der Waals surface area contributed by atoms with Crippen LogP contribution in [0.1, 0.15) is 18.4 Å². The van der Waals surface area contributed by atoms with E-state index in [0.29, 0.717) is 30.0 Å². The number of carbonyl (C=O) groups excluding carboxylic acids is 1. The number of nitrogens with one attached hydrogen (secondary N) is 1. The van der Waals surface area contributed by atoms with Crippen LogP contribution in [0.25, 0.3) is 0 Å². The molecule has 0 radical (unpaired) electrons. The number of halogens is 4. The summed E-state index contributed by atoms with van der Waals surface area (Å²) in [6.45, 7) is 0.317. The molecule has 1 N–H and O–H groups in total. The summed E-state index contributed by atoms with van der Waals surface area (Å²) in [7, 11) is -3.68. The first-order valence-electron chi connectivity index (χ1n) is 8.83. The Balaban J connectivity index is 1.67. The van der Waals surface area contributed by atoms with Crippen molar-refractivity contribution in [2.75, 3.05) is 18.4 Å². The van der Waals surface area contributed by atoms with Crippen LogP contribution < -0.4 is 5.32 Å². The Hall–Kier alpha value is -1.74. The highest BCUT2D eigenvalue weighted by Crippen LogP contribution is 2.26. The average molecular weight is 463 g/mol. The Morgan fingerprint density at radius 2 is 1.86 bits per heavy atom. The summed E-state index contributed by atoms with van der Waals surface area (Å²) in [5.41, 5.74) is 0.609. The van der Waals surface area contributed by atoms with Crippen LogP contribution in [0.4, 0.5) is 14.5 Å². The first kappa shape index (κ1) is 22.0. The normalized spacial score (nSPS) is 17.9. The molecule has 10 heteroatoms. The van der Waals surface area contributed by atoms with Gasteiger partial charge in [0.2, 0.25) is 15.9 Å². The molecule has 1 aliphatic heterocycles. The van der Waals surface area contributed by atoms with E-state index in [1.165, 1.54) is 22.5 Å². The number of sulfonamides is 1. The van der Waals surface area contributed by atoms with Crippen molar-refractivity contribution in [1.29, 1.82) is 0 Å². The second-order valence-corrected chi connectivity index (χ2v) is 9.60. The molecule has 1 amide bonds. The molecule has 2 aromatic carbocycles. The van der Waals surface area contributed by atoms with Crippen LogP contribution in [0.5, 0.6) is 0 Å². The van der Waals surface area contributed by atoms with E-state index in [0.717, 1.165) is 12.1 Å². The fourth-order valence-electron chi connectivity index (χ4n) is 3.16. The molecule has 156 valence electrons. The highest BCUT2D eigenvalue weighted by Gasteiger charge is 2.32. The fraction of sp³-hybridized carbons (Fsp3) is 0.316. The van der Waals surface area contributed by atoms with Gasteiger partial charge in [0.15, 0.2) is 11.6 Å². The smallest absolute Gasteiger partial charge is 0.228 e. The van der Waals surface area contributed by atoms with Crippen molar-refractivity contribution in [2.24, 2.45) is 5.92 Å². The molecule has 1 fully saturated rings. The van der Waals surface area contributed by atoms with Crippen molar-refractivity contribution in [1.82, 2.24) is 4.31 Å². The zero-order valence-electron chi connectivity index (χ0n) is 15.2. The average Bonchev–Trinajstić information content (AvgIpc) is 2.67. The molecule has 3 rings (SSSR count). The van der Waals surface area contributed by atoms with Crippen molar-refractivity contribution >= 4 is 44.8 Å². The van der Waals surface area contributed by atoms with Crippen molar-refractivity contribution in [3.8, 4) is 0 Å². The van der Waals surface area contributed by atoms with E-state index in [1.807, 2.05) is 0 Å². The van der Waals surface area contributed by atoms with Crippen LogP contribution in [0, 0.1) is 17.6 Å². The summed E-state index contributed by atoms with van der Waals surface area (Å²) in [5.74, 6) is -3.38. The first-order valence-corrected chi connectivity index (χ1v) is 11.2. The van der Waals surface area contributed by atoms with Gasteiger partial charge in [0, 0.05) is 24.8 Å². The van der Waals surface area contributed by atoms with Gasteiger partial charge in [-0.05, 0) is 42.7 Å². The molecule has 0 aromatic heterocycles. The fourth-order valence-corrected chi connectivity index (χ4v) is 5.08. The van der Waals surface area contributed by atoms with E-state index < -0.39 is 33.5 Å². The number of anilines is 1. The van der Waals surface area contributed by atoms with Gasteiger partial charge in [0.05, 0.1) is 21.7 Å². The van der Waals surface area contributed by atoms with Crippen molar-refractivity contribution in [2.45, 2.75) is 18.6 Å². The number of carbonyl (C=O) groups is 1. The van der Waals surface area contributed by atoms with Gasteiger partial charge in [0.25, 0.3) is 0 Å². The molecule has 0 unspecified atom stereocenters. The number of nitrogens with zero attached hydrogens (tertiary/aromatic N) is 1. The third-order valence-electron chi connectivity index (χ3n) is 4.67. The zero-order chi connectivity index (χ0) is 21.2. The summed E-state index contributed by atoms with van der Waals surface area (Å²) in [6.07, 6.45) is 1.00. The lowest BCUT2D eigenvalue weighted by Crippen LogP contribution is -2.44. The first-order chi connectivity index (χ1) is 13.7. The van der Waals surface area contributed by atoms with Crippen LogP contribution in [-0.2, 0) is 20.6 Å². The van der Waals surface area contributed by atoms with Gasteiger partial charge in [-0.2, -0.15) is 0 Å². The number of benzene rings is 2. The van der Waals surface area contributed by atoms with Crippen LogP contribution >= 0.6 is 23.2 Å². The number of rotatable bonds is 5. The lowest BCUT2D eigenvalue weighted by Gasteiger charge is -2.31. The molecule has 5 nitrogen and oxygen atoms in total. The van der Waals surface area contributed by atoms with Gasteiger partial charge >= 0.3 is 0 Å². The summed E-state index contributed by atoms with van der Waals surface area (Å²) in [5, 5.41) is 3.11. The molecular weight excluding hydrogens is 445 g/mol. The third kappa shape index (κ3) is 5.45. The maximum Gasteiger partial charge on any atom is 0.228 e. The predicted octanol–water partition coefficient (Wildman–Crippen LogP) is 4.45. The number of hydrogen-bond donors (Lipinski definition) is 1. The molecule has 1 saturated heterocycles. The highest BCUT2D eigenvalue weighted by molar-refractivity contribution is 7.88. The molecule has 0 bridgehead atoms. The maximum absolute atomic E-state index is 13.3. The molecule has 29 heavy (non-hydrogen) atoms. The predicted molar refractivity (Wildman–Crippen MR) is 108 cm³/mol. The van der Waals surface area contributed by atoms with Crippen LogP contribution in [0.15, 0.2) is 36.4 Å². The summed E-state index contributed by atoms with van der Waals surface area (Å²) in [6, 6.07) is 7.66.